The van der Waals surface area contributed by atoms with Crippen molar-refractivity contribution < 1.29 is 4.92 Å². The second kappa shape index (κ2) is 5.60. The number of hydrogen-bond acceptors (Lipinski definition) is 4. The molecule has 2 heterocycles. The van der Waals surface area contributed by atoms with Gasteiger partial charge < -0.3 is 0 Å². The van der Waals surface area contributed by atoms with E-state index in [9.17, 15) is 10.1 Å². The molecule has 2 aromatic heterocycles. The molecule has 0 amide bonds. The molecule has 0 saturated heterocycles. The fraction of sp³-hybridized carbons (Fsp3) is 0.0667. The van der Waals surface area contributed by atoms with Crippen LogP contribution in [0.25, 0.3) is 27.7 Å². The maximum absolute atomic E-state index is 11.0. The zero-order valence-corrected chi connectivity index (χ0v) is 16.3. The molecule has 0 aliphatic carbocycles. The summed E-state index contributed by atoms with van der Waals surface area (Å²) in [5.41, 5.74) is 4.27. The number of hydrogen-bond donors (Lipinski definition) is 0. The molecule has 106 valence electrons. The minimum absolute atomic E-state index is 0.0703. The van der Waals surface area contributed by atoms with Crippen LogP contribution >= 0.6 is 0 Å². The molecule has 0 radical (unpaired) electrons. The number of fused-ring (bicyclic) bond motifs is 1. The van der Waals surface area contributed by atoms with Crippen molar-refractivity contribution in [2.45, 2.75) is 6.92 Å². The van der Waals surface area contributed by atoms with E-state index >= 15 is 0 Å². The molecule has 6 nitrogen and oxygen atoms in total. The van der Waals surface area contributed by atoms with Crippen molar-refractivity contribution in [2.24, 2.45) is 0 Å². The van der Waals surface area contributed by atoms with E-state index in [0.717, 1.165) is 33.4 Å². The molecule has 0 aliphatic rings. The number of benzene rings is 1. The van der Waals surface area contributed by atoms with Crippen molar-refractivity contribution in [3.63, 3.8) is 0 Å². The van der Waals surface area contributed by atoms with Crippen LogP contribution in [-0.2, 0) is 0 Å². The SMILES string of the molecule is C=C(C)c1cc(-c2n[n]([Tl])c3ccc([N+](=O)[O-])cc23)ccn1. The fourth-order valence-corrected chi connectivity index (χ4v) is 3.59. The number of rotatable bonds is 3. The third-order valence-electron chi connectivity index (χ3n) is 3.37. The van der Waals surface area contributed by atoms with Gasteiger partial charge in [-0.25, -0.2) is 0 Å². The molecule has 0 spiro atoms. The van der Waals surface area contributed by atoms with Crippen molar-refractivity contribution in [1.82, 2.24) is 12.6 Å². The summed E-state index contributed by atoms with van der Waals surface area (Å²) in [5, 5.41) is 16.4. The molecule has 0 atom stereocenters. The number of pyridine rings is 1. The molecule has 0 aliphatic heterocycles. The summed E-state index contributed by atoms with van der Waals surface area (Å²) in [6, 6.07) is 8.62. The summed E-state index contributed by atoms with van der Waals surface area (Å²) in [6.07, 6.45) is 1.71. The van der Waals surface area contributed by atoms with Crippen molar-refractivity contribution in [1.29, 1.82) is 0 Å². The molecular formula is C15H11N4O2Tl. The van der Waals surface area contributed by atoms with Crippen LogP contribution in [0.2, 0.25) is 0 Å². The fourth-order valence-electron chi connectivity index (χ4n) is 2.27. The van der Waals surface area contributed by atoms with E-state index in [2.05, 4.69) is 16.7 Å². The van der Waals surface area contributed by atoms with Gasteiger partial charge in [0.05, 0.1) is 0 Å². The molecule has 0 bridgehead atoms. The third kappa shape index (κ3) is 2.54. The molecular weight excluding hydrogens is 473 g/mol. The topological polar surface area (TPSA) is 73.8 Å². The second-order valence-electron chi connectivity index (χ2n) is 4.96. The van der Waals surface area contributed by atoms with Gasteiger partial charge in [0.2, 0.25) is 0 Å². The average Bonchev–Trinajstić information content (AvgIpc) is 2.84. The molecule has 1 aromatic carbocycles. The predicted octanol–water partition coefficient (Wildman–Crippen LogP) is 2.97. The first-order chi connectivity index (χ1) is 10.5. The van der Waals surface area contributed by atoms with E-state index in [1.54, 1.807) is 18.3 Å². The zero-order chi connectivity index (χ0) is 15.9. The molecule has 7 heteroatoms. The van der Waals surface area contributed by atoms with Gasteiger partial charge in [-0.2, -0.15) is 0 Å². The summed E-state index contributed by atoms with van der Waals surface area (Å²) in [7, 11) is 0. The standard InChI is InChI=1S/C15H11N4O2.Tl/c1-9(2)14-7-10(5-6-16-14)15-12-8-11(19(20)21)3-4-13(12)17-18-15;/h3-8H,1H2,2H3;/q-1;+1. The van der Waals surface area contributed by atoms with Crippen molar-refractivity contribution >= 4 is 48.2 Å². The predicted molar refractivity (Wildman–Crippen MR) is 85.5 cm³/mol. The maximum atomic E-state index is 11.0. The van der Waals surface area contributed by atoms with Crippen LogP contribution in [0.3, 0.4) is 0 Å². The van der Waals surface area contributed by atoms with E-state index in [1.165, 1.54) is 6.07 Å². The van der Waals surface area contributed by atoms with Crippen molar-refractivity contribution in [2.75, 3.05) is 0 Å². The Morgan fingerprint density at radius 3 is 2.82 bits per heavy atom. The Bertz CT molecular complexity index is 917. The van der Waals surface area contributed by atoms with Crippen molar-refractivity contribution in [3.8, 4) is 11.3 Å². The van der Waals surface area contributed by atoms with E-state index in [0.29, 0.717) is 26.1 Å². The first-order valence-corrected chi connectivity index (χ1v) is 8.52. The summed E-state index contributed by atoms with van der Waals surface area (Å²) in [4.78, 5) is 14.9. The Labute approximate surface area is 142 Å². The second-order valence-corrected chi connectivity index (χ2v) is 6.86. The van der Waals surface area contributed by atoms with E-state index in [-0.39, 0.29) is 10.6 Å². The van der Waals surface area contributed by atoms with Gasteiger partial charge in [0.1, 0.15) is 0 Å². The molecule has 0 unspecified atom stereocenters. The van der Waals surface area contributed by atoms with Crippen LogP contribution < -0.4 is 0 Å². The molecule has 0 N–H and O–H groups in total. The van der Waals surface area contributed by atoms with Gasteiger partial charge in [-0.15, -0.1) is 0 Å². The monoisotopic (exact) mass is 484 g/mol. The number of aromatic nitrogens is 3. The van der Waals surface area contributed by atoms with Gasteiger partial charge in [-0.3, -0.25) is 0 Å². The first kappa shape index (κ1) is 14.8. The van der Waals surface area contributed by atoms with Crippen LogP contribution in [0.15, 0.2) is 43.1 Å². The Morgan fingerprint density at radius 2 is 2.14 bits per heavy atom. The van der Waals surface area contributed by atoms with Gasteiger partial charge in [0.15, 0.2) is 0 Å². The Kier molecular flexibility index (Phi) is 3.77. The summed E-state index contributed by atoms with van der Waals surface area (Å²) >= 11 is 0.477. The number of nitrogens with zero attached hydrogens (tertiary/aromatic N) is 4. The van der Waals surface area contributed by atoms with Crippen LogP contribution in [0, 0.1) is 10.1 Å². The van der Waals surface area contributed by atoms with Gasteiger partial charge >= 0.3 is 143 Å². The molecule has 3 rings (SSSR count). The Morgan fingerprint density at radius 1 is 1.36 bits per heavy atom. The molecule has 22 heavy (non-hydrogen) atoms. The van der Waals surface area contributed by atoms with Crippen LogP contribution in [-0.4, -0.2) is 43.6 Å². The summed E-state index contributed by atoms with van der Waals surface area (Å²) in [5.74, 6) is 0. The molecule has 0 saturated carbocycles. The van der Waals surface area contributed by atoms with E-state index in [4.69, 9.17) is 0 Å². The van der Waals surface area contributed by atoms with Gasteiger partial charge in [-0.1, -0.05) is 0 Å². The number of nitro benzene ring substituents is 1. The number of allylic oxidation sites excluding steroid dienone is 1. The van der Waals surface area contributed by atoms with E-state index in [1.807, 2.05) is 21.5 Å². The van der Waals surface area contributed by atoms with Crippen LogP contribution in [0.1, 0.15) is 12.6 Å². The van der Waals surface area contributed by atoms with Gasteiger partial charge in [-0.05, 0) is 0 Å². The quantitative estimate of drug-likeness (QED) is 0.326. The number of non-ortho nitro benzene ring substituents is 1. The molecule has 3 aromatic rings. The Hall–Kier alpha value is -2.10. The van der Waals surface area contributed by atoms with Gasteiger partial charge in [0, 0.05) is 0 Å². The van der Waals surface area contributed by atoms with Gasteiger partial charge in [0.25, 0.3) is 0 Å². The summed E-state index contributed by atoms with van der Waals surface area (Å²) < 4.78 is 1.88. The van der Waals surface area contributed by atoms with Crippen LogP contribution in [0.5, 0.6) is 0 Å². The normalized spacial score (nSPS) is 10.7. The zero-order valence-electron chi connectivity index (χ0n) is 11.9. The molecule has 0 fully saturated rings. The minimum atomic E-state index is -0.387. The van der Waals surface area contributed by atoms with E-state index < -0.39 is 0 Å². The average molecular weight is 484 g/mol. The Balaban J connectivity index is 2.26. The first-order valence-electron chi connectivity index (χ1n) is 6.52. The van der Waals surface area contributed by atoms with Crippen molar-refractivity contribution in [3.05, 3.63) is 58.9 Å². The third-order valence-corrected chi connectivity index (χ3v) is 4.90. The summed E-state index contributed by atoms with van der Waals surface area (Å²) in [6.45, 7) is 5.79. The number of nitro groups is 1. The van der Waals surface area contributed by atoms with Crippen LogP contribution in [0.4, 0.5) is 5.69 Å².